The van der Waals surface area contributed by atoms with Crippen molar-refractivity contribution >= 4 is 11.9 Å². The van der Waals surface area contributed by atoms with Gasteiger partial charge >= 0.3 is 6.03 Å². The molecule has 31 heavy (non-hydrogen) atoms. The van der Waals surface area contributed by atoms with Crippen LogP contribution < -0.4 is 10.6 Å². The summed E-state index contributed by atoms with van der Waals surface area (Å²) >= 11 is 0. The number of urea groups is 1. The normalized spacial score (nSPS) is 18.2. The number of rotatable bonds is 6. The fraction of sp³-hybridized carbons (Fsp3) is 0.545. The second-order valence-corrected chi connectivity index (χ2v) is 8.43. The molecule has 9 nitrogen and oxygen atoms in total. The number of aryl methyl sites for hydroxylation is 1. The first-order valence-corrected chi connectivity index (χ1v) is 11.0. The van der Waals surface area contributed by atoms with Gasteiger partial charge in [0.2, 0.25) is 17.6 Å². The lowest BCUT2D eigenvalue weighted by molar-refractivity contribution is -0.121. The minimum atomic E-state index is -0.378. The molecule has 3 amide bonds. The third kappa shape index (κ3) is 6.11. The average Bonchev–Trinajstić information content (AvgIpc) is 3.42. The molecule has 1 saturated carbocycles. The minimum absolute atomic E-state index is 0.201. The molecule has 2 aromatic rings. The molecule has 2 N–H and O–H groups in total. The first-order valence-electron chi connectivity index (χ1n) is 11.0. The first kappa shape index (κ1) is 21.5. The highest BCUT2D eigenvalue weighted by molar-refractivity contribution is 5.95. The molecular formula is C22H30N6O3. The van der Waals surface area contributed by atoms with Gasteiger partial charge < -0.3 is 9.84 Å². The lowest BCUT2D eigenvalue weighted by Crippen LogP contribution is -2.51. The van der Waals surface area contributed by atoms with Crippen LogP contribution in [0.5, 0.6) is 0 Å². The second-order valence-electron chi connectivity index (χ2n) is 8.43. The number of carbonyl (C=O) groups excluding carboxylic acids is 2. The van der Waals surface area contributed by atoms with Crippen LogP contribution >= 0.6 is 0 Å². The highest BCUT2D eigenvalue weighted by Gasteiger charge is 2.23. The van der Waals surface area contributed by atoms with Crippen LogP contribution in [0.25, 0.3) is 11.4 Å². The third-order valence-electron chi connectivity index (χ3n) is 5.91. The highest BCUT2D eigenvalue weighted by Crippen LogP contribution is 2.18. The summed E-state index contributed by atoms with van der Waals surface area (Å²) in [6, 6.07) is 7.85. The fourth-order valence-corrected chi connectivity index (χ4v) is 4.10. The number of carbonyl (C=O) groups is 2. The van der Waals surface area contributed by atoms with E-state index in [1.807, 2.05) is 31.2 Å². The zero-order valence-corrected chi connectivity index (χ0v) is 18.0. The van der Waals surface area contributed by atoms with E-state index in [4.69, 9.17) is 4.52 Å². The molecule has 1 aromatic heterocycles. The SMILES string of the molecule is Cc1ccc(-c2noc(CN3CCN(CC(=O)NC(=O)NC4CCCC4)CC3)n2)cc1. The minimum Gasteiger partial charge on any atom is -0.338 e. The van der Waals surface area contributed by atoms with E-state index in [0.29, 0.717) is 18.3 Å². The maximum absolute atomic E-state index is 12.2. The van der Waals surface area contributed by atoms with Crippen LogP contribution in [0, 0.1) is 6.92 Å². The molecule has 0 spiro atoms. The molecule has 1 aromatic carbocycles. The van der Waals surface area contributed by atoms with Crippen molar-refractivity contribution in [1.29, 1.82) is 0 Å². The summed E-state index contributed by atoms with van der Waals surface area (Å²) in [5.74, 6) is 0.926. The van der Waals surface area contributed by atoms with Crippen molar-refractivity contribution in [1.82, 2.24) is 30.6 Å². The molecule has 1 saturated heterocycles. The highest BCUT2D eigenvalue weighted by atomic mass is 16.5. The molecule has 2 fully saturated rings. The van der Waals surface area contributed by atoms with Gasteiger partial charge in [-0.3, -0.25) is 19.9 Å². The van der Waals surface area contributed by atoms with E-state index >= 15 is 0 Å². The molecule has 1 aliphatic heterocycles. The zero-order chi connectivity index (χ0) is 21.6. The summed E-state index contributed by atoms with van der Waals surface area (Å²) < 4.78 is 5.42. The first-order chi connectivity index (χ1) is 15.0. The third-order valence-corrected chi connectivity index (χ3v) is 5.91. The number of aromatic nitrogens is 2. The fourth-order valence-electron chi connectivity index (χ4n) is 4.10. The van der Waals surface area contributed by atoms with Crippen LogP contribution in [0.15, 0.2) is 28.8 Å². The van der Waals surface area contributed by atoms with E-state index in [0.717, 1.165) is 57.4 Å². The van der Waals surface area contributed by atoms with Gasteiger partial charge in [0.25, 0.3) is 0 Å². The smallest absolute Gasteiger partial charge is 0.321 e. The van der Waals surface area contributed by atoms with Crippen LogP contribution in [0.1, 0.15) is 37.1 Å². The molecule has 9 heteroatoms. The van der Waals surface area contributed by atoms with Crippen molar-refractivity contribution in [3.63, 3.8) is 0 Å². The Balaban J connectivity index is 1.18. The molecule has 0 atom stereocenters. The quantitative estimate of drug-likeness (QED) is 0.727. The number of piperazine rings is 1. The molecule has 0 bridgehead atoms. The van der Waals surface area contributed by atoms with Gasteiger partial charge in [-0.15, -0.1) is 0 Å². The molecule has 2 heterocycles. The van der Waals surface area contributed by atoms with Gasteiger partial charge in [0, 0.05) is 37.8 Å². The van der Waals surface area contributed by atoms with E-state index in [1.54, 1.807) is 0 Å². The van der Waals surface area contributed by atoms with Crippen molar-refractivity contribution in [2.75, 3.05) is 32.7 Å². The Hall–Kier alpha value is -2.78. The number of hydrogen-bond donors (Lipinski definition) is 2. The summed E-state index contributed by atoms with van der Waals surface area (Å²) in [6.07, 6.45) is 4.27. The summed E-state index contributed by atoms with van der Waals surface area (Å²) in [4.78, 5) is 32.9. The number of imide groups is 1. The predicted molar refractivity (Wildman–Crippen MR) is 115 cm³/mol. The van der Waals surface area contributed by atoms with E-state index < -0.39 is 0 Å². The maximum Gasteiger partial charge on any atom is 0.321 e. The van der Waals surface area contributed by atoms with Crippen LogP contribution in [-0.2, 0) is 11.3 Å². The van der Waals surface area contributed by atoms with Gasteiger partial charge in [0.1, 0.15) is 0 Å². The van der Waals surface area contributed by atoms with E-state index in [-0.39, 0.29) is 24.5 Å². The van der Waals surface area contributed by atoms with Crippen molar-refractivity contribution < 1.29 is 14.1 Å². The van der Waals surface area contributed by atoms with Crippen molar-refractivity contribution in [2.24, 2.45) is 0 Å². The van der Waals surface area contributed by atoms with E-state index in [2.05, 4.69) is 30.6 Å². The lowest BCUT2D eigenvalue weighted by Gasteiger charge is -2.33. The van der Waals surface area contributed by atoms with Crippen LogP contribution in [0.2, 0.25) is 0 Å². The Bertz CT molecular complexity index is 883. The number of nitrogens with one attached hydrogen (secondary N) is 2. The molecule has 0 unspecified atom stereocenters. The lowest BCUT2D eigenvalue weighted by atomic mass is 10.1. The Kier molecular flexibility index (Phi) is 6.93. The van der Waals surface area contributed by atoms with Gasteiger partial charge in [-0.05, 0) is 19.8 Å². The summed E-state index contributed by atoms with van der Waals surface area (Å²) in [5, 5.41) is 9.41. The van der Waals surface area contributed by atoms with Gasteiger partial charge in [0.15, 0.2) is 0 Å². The zero-order valence-electron chi connectivity index (χ0n) is 18.0. The monoisotopic (exact) mass is 426 g/mol. The molecule has 2 aliphatic rings. The van der Waals surface area contributed by atoms with Gasteiger partial charge in [0.05, 0.1) is 13.1 Å². The van der Waals surface area contributed by atoms with E-state index in [1.165, 1.54) is 5.56 Å². The largest absolute Gasteiger partial charge is 0.338 e. The van der Waals surface area contributed by atoms with Crippen molar-refractivity contribution in [2.45, 2.75) is 45.2 Å². The van der Waals surface area contributed by atoms with Crippen molar-refractivity contribution in [3.8, 4) is 11.4 Å². The molecule has 4 rings (SSSR count). The van der Waals surface area contributed by atoms with Crippen molar-refractivity contribution in [3.05, 3.63) is 35.7 Å². The number of amides is 3. The number of nitrogens with zero attached hydrogens (tertiary/aromatic N) is 4. The Labute approximate surface area is 182 Å². The summed E-state index contributed by atoms with van der Waals surface area (Å²) in [6.45, 7) is 5.94. The number of benzene rings is 1. The van der Waals surface area contributed by atoms with Gasteiger partial charge in [-0.25, -0.2) is 4.79 Å². The molecule has 0 radical (unpaired) electrons. The van der Waals surface area contributed by atoms with E-state index in [9.17, 15) is 9.59 Å². The average molecular weight is 427 g/mol. The maximum atomic E-state index is 12.2. The van der Waals surface area contributed by atoms with Crippen LogP contribution in [0.3, 0.4) is 0 Å². The van der Waals surface area contributed by atoms with Crippen LogP contribution in [-0.4, -0.2) is 70.6 Å². The number of hydrogen-bond acceptors (Lipinski definition) is 7. The molecule has 1 aliphatic carbocycles. The summed E-state index contributed by atoms with van der Waals surface area (Å²) in [5.41, 5.74) is 2.13. The van der Waals surface area contributed by atoms with Gasteiger partial charge in [-0.1, -0.05) is 47.8 Å². The predicted octanol–water partition coefficient (Wildman–Crippen LogP) is 1.93. The summed E-state index contributed by atoms with van der Waals surface area (Å²) in [7, 11) is 0. The standard InChI is InChI=1S/C22H30N6O3/c1-16-6-8-17(9-7-16)21-25-20(31-26-21)15-28-12-10-27(11-13-28)14-19(29)24-22(30)23-18-4-2-3-5-18/h6-9,18H,2-5,10-15H2,1H3,(H2,23,24,29,30). The Morgan fingerprint density at radius 1 is 1.06 bits per heavy atom. The Morgan fingerprint density at radius 2 is 1.74 bits per heavy atom. The Morgan fingerprint density at radius 3 is 2.45 bits per heavy atom. The molecule has 166 valence electrons. The van der Waals surface area contributed by atoms with Crippen LogP contribution in [0.4, 0.5) is 4.79 Å². The second kappa shape index (κ2) is 10.0. The van der Waals surface area contributed by atoms with Gasteiger partial charge in [-0.2, -0.15) is 4.98 Å². The topological polar surface area (TPSA) is 104 Å². The molecular weight excluding hydrogens is 396 g/mol.